The zero-order chi connectivity index (χ0) is 52.6. The summed E-state index contributed by atoms with van der Waals surface area (Å²) >= 11 is 0. The molecule has 0 spiro atoms. The number of rotatable bonds is 14. The Labute approximate surface area is 441 Å². The molecule has 9 aromatic rings. The summed E-state index contributed by atoms with van der Waals surface area (Å²) in [5.41, 5.74) is 15.4. The van der Waals surface area contributed by atoms with Crippen molar-refractivity contribution in [2.24, 2.45) is 9.98 Å². The van der Waals surface area contributed by atoms with E-state index in [1.54, 1.807) is 7.05 Å². The molecule has 0 amide bonds. The number of hydrogen-bond acceptors (Lipinski definition) is 8. The van der Waals surface area contributed by atoms with Gasteiger partial charge in [0.1, 0.15) is 6.67 Å². The van der Waals surface area contributed by atoms with E-state index in [1.165, 1.54) is 0 Å². The molecule has 1 heterocycles. The Bertz CT molecular complexity index is 3150. The Balaban J connectivity index is 1.31. The number of nitrogens with zero attached hydrogens (tertiary/aromatic N) is 9. The summed E-state index contributed by atoms with van der Waals surface area (Å²) in [7, 11) is 1.79. The second-order valence-electron chi connectivity index (χ2n) is 19.0. The molecule has 0 atom stereocenters. The van der Waals surface area contributed by atoms with Crippen LogP contribution in [0, 0.1) is 55.4 Å². The number of anilines is 10. The molecule has 75 heavy (non-hydrogen) atoms. The molecule has 0 aliphatic heterocycles. The summed E-state index contributed by atoms with van der Waals surface area (Å²) in [5.74, 6) is -0.114. The summed E-state index contributed by atoms with van der Waals surface area (Å²) in [6.45, 7) is 16.5. The first-order valence-electron chi connectivity index (χ1n) is 25.1. The lowest BCUT2D eigenvalue weighted by molar-refractivity contribution is 0.105. The first-order chi connectivity index (χ1) is 36.3. The van der Waals surface area contributed by atoms with Crippen LogP contribution in [0.4, 0.5) is 57.4 Å². The van der Waals surface area contributed by atoms with Crippen LogP contribution in [0.2, 0.25) is 0 Å². The summed E-state index contributed by atoms with van der Waals surface area (Å²) in [6.07, 6.45) is 0. The molecule has 0 aliphatic carbocycles. The number of aryl methyl sites for hydroxylation is 8. The molecule has 0 bridgehead atoms. The third-order valence-corrected chi connectivity index (χ3v) is 12.9. The van der Waals surface area contributed by atoms with Gasteiger partial charge in [0.25, 0.3) is 5.78 Å². The quantitative estimate of drug-likeness (QED) is 0.0648. The van der Waals surface area contributed by atoms with Crippen LogP contribution in [-0.2, 0) is 0 Å². The largest absolute Gasteiger partial charge is 0.358 e. The van der Waals surface area contributed by atoms with Crippen LogP contribution in [-0.4, -0.2) is 46.2 Å². The predicted octanol–water partition coefficient (Wildman–Crippen LogP) is 15.1. The first-order valence-corrected chi connectivity index (χ1v) is 25.1. The Kier molecular flexibility index (Phi) is 15.3. The van der Waals surface area contributed by atoms with Gasteiger partial charge in [0.15, 0.2) is 0 Å². The lowest BCUT2D eigenvalue weighted by Gasteiger charge is -2.28. The fourth-order valence-corrected chi connectivity index (χ4v) is 8.45. The van der Waals surface area contributed by atoms with E-state index >= 15 is 4.79 Å². The molecular formula is C64H62N10O. The maximum atomic E-state index is 16.1. The van der Waals surface area contributed by atoms with E-state index in [-0.39, 0.29) is 30.2 Å². The molecule has 11 heteroatoms. The number of nitrogens with one attached hydrogen (secondary N) is 1. The van der Waals surface area contributed by atoms with Crippen molar-refractivity contribution >= 4 is 75.0 Å². The number of hydrogen-bond donors (Lipinski definition) is 1. The monoisotopic (exact) mass is 987 g/mol. The third kappa shape index (κ3) is 12.0. The van der Waals surface area contributed by atoms with E-state index in [0.717, 1.165) is 90.0 Å². The first kappa shape index (κ1) is 50.7. The van der Waals surface area contributed by atoms with Gasteiger partial charge in [-0.05, 0) is 152 Å². The average molecular weight is 987 g/mol. The molecular weight excluding hydrogens is 925 g/mol. The Hall–Kier alpha value is -9.22. The van der Waals surface area contributed by atoms with Gasteiger partial charge in [0, 0.05) is 52.5 Å². The molecule has 0 radical (unpaired) electrons. The maximum Gasteiger partial charge on any atom is 0.267 e. The minimum absolute atomic E-state index is 0.0191. The van der Waals surface area contributed by atoms with E-state index in [1.807, 2.05) is 87.5 Å². The number of ketones is 1. The molecule has 0 aliphatic rings. The average Bonchev–Trinajstić information content (AvgIpc) is 3.42. The fraction of sp³-hybridized carbons (Fsp3) is 0.156. The molecule has 0 saturated heterocycles. The van der Waals surface area contributed by atoms with E-state index in [0.29, 0.717) is 5.96 Å². The lowest BCUT2D eigenvalue weighted by atomic mass is 10.1. The molecule has 8 aromatic carbocycles. The van der Waals surface area contributed by atoms with Crippen molar-refractivity contribution in [1.29, 1.82) is 0 Å². The number of Topliss-reactive ketones (excluding diaryl/α,β-unsaturated/α-hetero) is 1. The highest BCUT2D eigenvalue weighted by atomic mass is 16.1. The highest BCUT2D eigenvalue weighted by molar-refractivity contribution is 6.46. The van der Waals surface area contributed by atoms with Gasteiger partial charge in [-0.2, -0.15) is 19.9 Å². The van der Waals surface area contributed by atoms with Crippen LogP contribution >= 0.6 is 0 Å². The minimum atomic E-state index is -0.617. The molecule has 9 rings (SSSR count). The zero-order valence-electron chi connectivity index (χ0n) is 44.1. The van der Waals surface area contributed by atoms with Gasteiger partial charge in [-0.25, -0.2) is 4.99 Å². The molecule has 0 saturated carbocycles. The van der Waals surface area contributed by atoms with Crippen LogP contribution in [0.5, 0.6) is 0 Å². The number of guanidine groups is 1. The SMILES string of the molecule is CNC(=NC(=NCN(c1ccc(C)cc1)c1ccc(C)cc1)C(=O)c1nc(N(c2ccc(C)cc2)c2ccc(C)cc2)nc(N(c2ccc(C)cc2)c2ccc(C)cc2)n1)N(c1ccc(C)cc1)c1ccc(C)cc1. The number of carbonyl (C=O) groups is 1. The van der Waals surface area contributed by atoms with Gasteiger partial charge in [-0.1, -0.05) is 142 Å². The van der Waals surface area contributed by atoms with Crippen molar-refractivity contribution in [3.63, 3.8) is 0 Å². The Morgan fingerprint density at radius 2 is 0.653 bits per heavy atom. The highest BCUT2D eigenvalue weighted by Crippen LogP contribution is 2.38. The van der Waals surface area contributed by atoms with Gasteiger partial charge in [0.05, 0.1) is 0 Å². The van der Waals surface area contributed by atoms with Crippen LogP contribution in [0.3, 0.4) is 0 Å². The molecule has 1 N–H and O–H groups in total. The van der Waals surface area contributed by atoms with E-state index in [9.17, 15) is 0 Å². The van der Waals surface area contributed by atoms with Gasteiger partial charge >= 0.3 is 0 Å². The summed E-state index contributed by atoms with van der Waals surface area (Å²) < 4.78 is 0. The summed E-state index contributed by atoms with van der Waals surface area (Å²) in [5, 5.41) is 3.35. The molecule has 11 nitrogen and oxygen atoms in total. The van der Waals surface area contributed by atoms with Crippen molar-refractivity contribution in [2.75, 3.05) is 33.3 Å². The Morgan fingerprint density at radius 1 is 0.387 bits per heavy atom. The normalized spacial score (nSPS) is 11.5. The standard InChI is InChI=1S/C64H62N10O/c1-43-10-26-51(27-11-43)71(52-28-12-44(2)13-29-52)42-66-60(67-62(65-9)72(53-30-14-45(3)15-31-53)54-32-16-46(4)17-33-54)59(75)61-68-63(73(55-34-18-47(5)19-35-55)56-36-20-48(6)21-37-56)70-64(69-61)74(57-38-22-49(7)23-39-57)58-40-24-50(8)25-41-58/h10-41H,42H2,1-9H3,(H,65,66,67). The van der Waals surface area contributed by atoms with Gasteiger partial charge in [0.2, 0.25) is 29.5 Å². The number of amidine groups is 1. The second-order valence-corrected chi connectivity index (χ2v) is 19.0. The van der Waals surface area contributed by atoms with Crippen LogP contribution < -0.4 is 24.9 Å². The van der Waals surface area contributed by atoms with Crippen molar-refractivity contribution in [3.05, 3.63) is 244 Å². The lowest BCUT2D eigenvalue weighted by Crippen LogP contribution is -2.38. The van der Waals surface area contributed by atoms with Crippen molar-refractivity contribution in [2.45, 2.75) is 55.4 Å². The van der Waals surface area contributed by atoms with Crippen molar-refractivity contribution in [1.82, 2.24) is 20.3 Å². The van der Waals surface area contributed by atoms with Crippen LogP contribution in [0.1, 0.15) is 55.1 Å². The predicted molar refractivity (Wildman–Crippen MR) is 310 cm³/mol. The van der Waals surface area contributed by atoms with Crippen molar-refractivity contribution < 1.29 is 4.79 Å². The van der Waals surface area contributed by atoms with Crippen molar-refractivity contribution in [3.8, 4) is 0 Å². The molecule has 0 fully saturated rings. The zero-order valence-corrected chi connectivity index (χ0v) is 44.1. The minimum Gasteiger partial charge on any atom is -0.358 e. The maximum absolute atomic E-state index is 16.1. The number of carbonyl (C=O) groups excluding carboxylic acids is 1. The third-order valence-electron chi connectivity index (χ3n) is 12.9. The molecule has 1 aromatic heterocycles. The van der Waals surface area contributed by atoms with Crippen LogP contribution in [0.15, 0.2) is 204 Å². The number of benzene rings is 8. The topological polar surface area (TPSA) is 105 Å². The van der Waals surface area contributed by atoms with Gasteiger partial charge in [-0.3, -0.25) is 19.5 Å². The molecule has 0 unspecified atom stereocenters. The molecule has 374 valence electrons. The van der Waals surface area contributed by atoms with Gasteiger partial charge < -0.3 is 10.2 Å². The smallest absolute Gasteiger partial charge is 0.267 e. The van der Waals surface area contributed by atoms with Crippen LogP contribution in [0.25, 0.3) is 0 Å². The van der Waals surface area contributed by atoms with Gasteiger partial charge in [-0.15, -0.1) is 0 Å². The van der Waals surface area contributed by atoms with E-state index in [4.69, 9.17) is 24.9 Å². The second kappa shape index (κ2) is 22.7. The Morgan fingerprint density at radius 3 is 0.933 bits per heavy atom. The fourth-order valence-electron chi connectivity index (χ4n) is 8.45. The number of aliphatic imine (C=N–C) groups is 2. The van der Waals surface area contributed by atoms with E-state index in [2.05, 4.69) is 187 Å². The van der Waals surface area contributed by atoms with E-state index < -0.39 is 5.78 Å². The summed E-state index contributed by atoms with van der Waals surface area (Å²) in [6, 6.07) is 65.6. The summed E-state index contributed by atoms with van der Waals surface area (Å²) in [4.78, 5) is 50.2. The highest BCUT2D eigenvalue weighted by Gasteiger charge is 2.29. The number of aromatic nitrogens is 3.